The topological polar surface area (TPSA) is 93.7 Å². The van der Waals surface area contributed by atoms with Crippen LogP contribution < -0.4 is 0 Å². The number of aryl methyl sites for hydroxylation is 3. The van der Waals surface area contributed by atoms with E-state index >= 15 is 0 Å². The van der Waals surface area contributed by atoms with E-state index in [1.54, 1.807) is 11.8 Å². The molecule has 3 atom stereocenters. The van der Waals surface area contributed by atoms with Gasteiger partial charge in [-0.15, -0.1) is 11.8 Å². The van der Waals surface area contributed by atoms with E-state index in [2.05, 4.69) is 32.6 Å². The number of carbonyl (C=O) groups excluding carboxylic acids is 3. The lowest BCUT2D eigenvalue weighted by Crippen LogP contribution is -2.11. The van der Waals surface area contributed by atoms with Crippen molar-refractivity contribution in [2.75, 3.05) is 27.6 Å². The number of hydrogen-bond acceptors (Lipinski definition) is 7. The number of fused-ring (bicyclic) bond motifs is 3. The van der Waals surface area contributed by atoms with Crippen molar-refractivity contribution in [2.24, 2.45) is 21.1 Å². The Kier molecular flexibility index (Phi) is 22.2. The number of thioether (sulfide) groups is 1. The Morgan fingerprint density at radius 2 is 0.930 bits per heavy atom. The fourth-order valence-corrected chi connectivity index (χ4v) is 8.11. The van der Waals surface area contributed by atoms with Crippen LogP contribution in [-0.4, -0.2) is 59.2 Å². The summed E-state index contributed by atoms with van der Waals surface area (Å²) in [5, 5.41) is 4.44. The molecule has 57 heavy (non-hydrogen) atoms. The number of esters is 3. The maximum atomic E-state index is 11.8. The summed E-state index contributed by atoms with van der Waals surface area (Å²) < 4.78 is 21.6. The lowest BCUT2D eigenvalue weighted by molar-refractivity contribution is -0.142. The van der Waals surface area contributed by atoms with Crippen molar-refractivity contribution in [3.63, 3.8) is 0 Å². The number of benzene rings is 3. The molecule has 0 spiro atoms. The summed E-state index contributed by atoms with van der Waals surface area (Å²) in [6.07, 6.45) is 4.02. The van der Waals surface area contributed by atoms with Crippen LogP contribution in [0.2, 0.25) is 0 Å². The Labute approximate surface area is 353 Å². The normalized spacial score (nSPS) is 11.7. The smallest absolute Gasteiger partial charge is 0.312 e. The van der Waals surface area contributed by atoms with Crippen LogP contribution in [0.4, 0.5) is 0 Å². The van der Waals surface area contributed by atoms with E-state index in [1.807, 2.05) is 166 Å². The number of carbonyl (C=O) groups is 3. The lowest BCUT2D eigenvalue weighted by Gasteiger charge is -2.11. The first kappa shape index (κ1) is 50.5. The molecule has 0 bridgehead atoms. The number of methoxy groups -OCH3 is 3. The highest BCUT2D eigenvalue weighted by atomic mass is 79.9. The first-order valence-electron chi connectivity index (χ1n) is 19.5. The number of ether oxygens (including phenoxy) is 3. The second-order valence-electron chi connectivity index (χ2n) is 12.2. The summed E-state index contributed by atoms with van der Waals surface area (Å²) in [6, 6.07) is 24.2. The summed E-state index contributed by atoms with van der Waals surface area (Å²) in [4.78, 5) is 35.0. The van der Waals surface area contributed by atoms with Crippen LogP contribution in [0, 0.1) is 0 Å². The van der Waals surface area contributed by atoms with Gasteiger partial charge in [0.1, 0.15) is 0 Å². The Morgan fingerprint density at radius 3 is 1.39 bits per heavy atom. The third kappa shape index (κ3) is 11.6. The molecule has 3 heterocycles. The van der Waals surface area contributed by atoms with E-state index in [1.165, 1.54) is 21.3 Å². The predicted molar refractivity (Wildman–Crippen MR) is 244 cm³/mol. The molecule has 0 fully saturated rings. The van der Waals surface area contributed by atoms with Gasteiger partial charge in [-0.05, 0) is 66.7 Å². The standard InChI is InChI=1S/C14H17NO2S.C13H14BrNO2.C13H15NO2.3C2H6/c1-9(14(16)17-3)12-10-7-5-6-8-11(10)15(2)13(12)18-4;1-8(13(16)17-3)11-9-6-4-5-7-10(9)15(2)12(11)14;1-9(13(15)16-3)11-8-14(2)12-7-5-4-6-10(11)12;3*1-2/h5-9H,1-4H3;4-8H,1-3H3;4-9H,1-3H3;3*1-2H3. The van der Waals surface area contributed by atoms with Crippen molar-refractivity contribution in [1.29, 1.82) is 0 Å². The van der Waals surface area contributed by atoms with Gasteiger partial charge in [0.15, 0.2) is 0 Å². The van der Waals surface area contributed by atoms with E-state index < -0.39 is 0 Å². The molecule has 0 aliphatic heterocycles. The monoisotopic (exact) mass is 865 g/mol. The average molecular weight is 867 g/mol. The summed E-state index contributed by atoms with van der Waals surface area (Å²) >= 11 is 5.21. The number of hydrogen-bond donors (Lipinski definition) is 0. The predicted octanol–water partition coefficient (Wildman–Crippen LogP) is 11.9. The molecule has 11 heteroatoms. The van der Waals surface area contributed by atoms with Crippen LogP contribution in [0.15, 0.2) is 88.6 Å². The molecule has 0 aliphatic carbocycles. The first-order chi connectivity index (χ1) is 27.3. The molecule has 6 rings (SSSR count). The molecule has 0 N–H and O–H groups in total. The molecule has 312 valence electrons. The SMILES string of the molecule is CC.CC.CC.COC(=O)C(C)c1c(Br)n(C)c2ccccc12.COC(=O)C(C)c1c(SC)n(C)c2ccccc12.COC(=O)C(C)c1cn(C)c2ccccc12. The summed E-state index contributed by atoms with van der Waals surface area (Å²) in [6.45, 7) is 17.6. The van der Waals surface area contributed by atoms with Crippen molar-refractivity contribution in [2.45, 2.75) is 85.1 Å². The van der Waals surface area contributed by atoms with Gasteiger partial charge >= 0.3 is 17.9 Å². The zero-order valence-corrected chi connectivity index (χ0v) is 39.2. The van der Waals surface area contributed by atoms with Gasteiger partial charge in [-0.1, -0.05) is 96.1 Å². The molecule has 9 nitrogen and oxygen atoms in total. The summed E-state index contributed by atoms with van der Waals surface area (Å²) in [5.41, 5.74) is 6.44. The molecule has 3 unspecified atom stereocenters. The average Bonchev–Trinajstić information content (AvgIpc) is 3.86. The molecule has 3 aromatic carbocycles. The Bertz CT molecular complexity index is 2180. The number of rotatable bonds is 7. The minimum absolute atomic E-state index is 0.193. The minimum Gasteiger partial charge on any atom is -0.469 e. The van der Waals surface area contributed by atoms with Gasteiger partial charge in [0.05, 0.1) is 48.7 Å². The van der Waals surface area contributed by atoms with Crippen LogP contribution in [0.1, 0.15) is 96.8 Å². The molecule has 0 saturated carbocycles. The highest BCUT2D eigenvalue weighted by molar-refractivity contribution is 9.10. The highest BCUT2D eigenvalue weighted by Crippen LogP contribution is 2.37. The number of nitrogens with zero attached hydrogens (tertiary/aromatic N) is 3. The maximum Gasteiger partial charge on any atom is 0.312 e. The van der Waals surface area contributed by atoms with Gasteiger partial charge in [0.25, 0.3) is 0 Å². The lowest BCUT2D eigenvalue weighted by atomic mass is 10.0. The molecule has 3 aromatic heterocycles. The highest BCUT2D eigenvalue weighted by Gasteiger charge is 2.26. The summed E-state index contributed by atoms with van der Waals surface area (Å²) in [5.74, 6) is -1.36. The van der Waals surface area contributed by atoms with Crippen molar-refractivity contribution in [3.8, 4) is 0 Å². The van der Waals surface area contributed by atoms with Crippen LogP contribution in [0.5, 0.6) is 0 Å². The quantitative estimate of drug-likeness (QED) is 0.0896. The van der Waals surface area contributed by atoms with Crippen LogP contribution in [0.25, 0.3) is 32.7 Å². The van der Waals surface area contributed by atoms with Crippen molar-refractivity contribution < 1.29 is 28.6 Å². The molecular weight excluding hydrogens is 802 g/mol. The Hall–Kier alpha value is -4.48. The maximum absolute atomic E-state index is 11.8. The largest absolute Gasteiger partial charge is 0.469 e. The van der Waals surface area contributed by atoms with Crippen LogP contribution in [0.3, 0.4) is 0 Å². The fourth-order valence-electron chi connectivity index (χ4n) is 6.48. The van der Waals surface area contributed by atoms with E-state index in [9.17, 15) is 14.4 Å². The number of aromatic nitrogens is 3. The van der Waals surface area contributed by atoms with E-state index in [-0.39, 0.29) is 35.7 Å². The Morgan fingerprint density at radius 1 is 0.561 bits per heavy atom. The van der Waals surface area contributed by atoms with Gasteiger partial charge in [-0.2, -0.15) is 0 Å². The second kappa shape index (κ2) is 25.0. The zero-order valence-electron chi connectivity index (χ0n) is 36.8. The minimum atomic E-state index is -0.277. The van der Waals surface area contributed by atoms with E-state index in [0.717, 1.165) is 59.0 Å². The zero-order chi connectivity index (χ0) is 43.6. The third-order valence-corrected chi connectivity index (χ3v) is 11.1. The summed E-state index contributed by atoms with van der Waals surface area (Å²) in [7, 11) is 10.3. The Balaban J connectivity index is 0.000000401. The fraction of sp³-hybridized carbons (Fsp3) is 0.413. The van der Waals surface area contributed by atoms with Crippen molar-refractivity contribution in [3.05, 3.63) is 100 Å². The van der Waals surface area contributed by atoms with Crippen LogP contribution >= 0.6 is 27.7 Å². The molecule has 0 radical (unpaired) electrons. The molecule has 6 aromatic rings. The molecule has 0 saturated heterocycles. The van der Waals surface area contributed by atoms with Gasteiger partial charge in [-0.25, -0.2) is 0 Å². The van der Waals surface area contributed by atoms with Crippen LogP contribution in [-0.2, 0) is 49.7 Å². The second-order valence-corrected chi connectivity index (χ2v) is 13.8. The number of para-hydroxylation sites is 3. The van der Waals surface area contributed by atoms with Gasteiger partial charge in [0, 0.05) is 71.2 Å². The molecular formula is C46H64BrN3O6S. The molecule has 0 amide bonds. The van der Waals surface area contributed by atoms with Gasteiger partial charge in [-0.3, -0.25) is 14.4 Å². The van der Waals surface area contributed by atoms with E-state index in [4.69, 9.17) is 14.2 Å². The first-order valence-corrected chi connectivity index (χ1v) is 21.5. The van der Waals surface area contributed by atoms with Gasteiger partial charge < -0.3 is 27.9 Å². The van der Waals surface area contributed by atoms with Gasteiger partial charge in [0.2, 0.25) is 0 Å². The van der Waals surface area contributed by atoms with Crippen molar-refractivity contribution in [1.82, 2.24) is 13.7 Å². The van der Waals surface area contributed by atoms with Crippen molar-refractivity contribution >= 4 is 78.3 Å². The third-order valence-electron chi connectivity index (χ3n) is 9.28. The molecule has 0 aliphatic rings. The van der Waals surface area contributed by atoms with E-state index in [0.29, 0.717) is 0 Å². The number of halogens is 1.